The number of carbonyl (C=O) groups is 2. The van der Waals surface area contributed by atoms with E-state index in [-0.39, 0.29) is 12.4 Å². The van der Waals surface area contributed by atoms with Crippen molar-refractivity contribution >= 4 is 11.8 Å². The molecule has 3 heteroatoms. The number of rotatable bonds is 3. The number of allylic oxidation sites excluding steroid dienone is 2. The minimum Gasteiger partial charge on any atom is -0.458 e. The summed E-state index contributed by atoms with van der Waals surface area (Å²) in [5.41, 5.74) is 0.623. The van der Waals surface area contributed by atoms with Crippen LogP contribution in [0.1, 0.15) is 19.8 Å². The maximum Gasteiger partial charge on any atom is 0.330 e. The van der Waals surface area contributed by atoms with Gasteiger partial charge in [0, 0.05) is 18.1 Å². The molecule has 3 nitrogen and oxygen atoms in total. The Morgan fingerprint density at radius 1 is 1.69 bits per heavy atom. The summed E-state index contributed by atoms with van der Waals surface area (Å²) in [5, 5.41) is 0. The van der Waals surface area contributed by atoms with E-state index in [0.717, 1.165) is 6.42 Å². The standard InChI is InChI=1S/C10H12O3/c1-2-4-10(12)13-7-8-5-3-6-9(8)11/h2,4-5H,3,6-7H2,1H3. The summed E-state index contributed by atoms with van der Waals surface area (Å²) < 4.78 is 4.82. The van der Waals surface area contributed by atoms with Gasteiger partial charge in [-0.05, 0) is 13.3 Å². The van der Waals surface area contributed by atoms with Crippen LogP contribution in [0.5, 0.6) is 0 Å². The molecular weight excluding hydrogens is 168 g/mol. The topological polar surface area (TPSA) is 43.4 Å². The second-order valence-electron chi connectivity index (χ2n) is 2.80. The Balaban J connectivity index is 2.34. The van der Waals surface area contributed by atoms with Gasteiger partial charge in [0.15, 0.2) is 5.78 Å². The molecule has 0 spiro atoms. The first-order valence-corrected chi connectivity index (χ1v) is 4.25. The minimum atomic E-state index is -0.400. The predicted octanol–water partition coefficient (Wildman–Crippen LogP) is 1.40. The third-order valence-corrected chi connectivity index (χ3v) is 1.79. The van der Waals surface area contributed by atoms with Gasteiger partial charge in [0.2, 0.25) is 0 Å². The summed E-state index contributed by atoms with van der Waals surface area (Å²) in [6, 6.07) is 0. The van der Waals surface area contributed by atoms with Crippen LogP contribution in [0.3, 0.4) is 0 Å². The lowest BCUT2D eigenvalue weighted by atomic mass is 10.2. The molecule has 0 bridgehead atoms. The van der Waals surface area contributed by atoms with Crippen LogP contribution in [0.4, 0.5) is 0 Å². The monoisotopic (exact) mass is 180 g/mol. The number of hydrogen-bond donors (Lipinski definition) is 0. The third kappa shape index (κ3) is 2.86. The summed E-state index contributed by atoms with van der Waals surface area (Å²) in [6.07, 6.45) is 6.09. The lowest BCUT2D eigenvalue weighted by Crippen LogP contribution is -2.08. The number of ketones is 1. The van der Waals surface area contributed by atoms with Crippen LogP contribution in [0.2, 0.25) is 0 Å². The van der Waals surface area contributed by atoms with Crippen LogP contribution in [0, 0.1) is 0 Å². The maximum absolute atomic E-state index is 11.1. The molecular formula is C10H12O3. The molecule has 0 N–H and O–H groups in total. The Hall–Kier alpha value is -1.38. The Labute approximate surface area is 77.1 Å². The van der Waals surface area contributed by atoms with Crippen LogP contribution in [0.25, 0.3) is 0 Å². The van der Waals surface area contributed by atoms with Crippen molar-refractivity contribution in [1.82, 2.24) is 0 Å². The molecule has 1 aliphatic rings. The average Bonchev–Trinajstić information content (AvgIpc) is 2.48. The van der Waals surface area contributed by atoms with Crippen LogP contribution in [0.15, 0.2) is 23.8 Å². The molecule has 0 atom stereocenters. The van der Waals surface area contributed by atoms with Crippen molar-refractivity contribution in [2.24, 2.45) is 0 Å². The first kappa shape index (κ1) is 9.71. The lowest BCUT2D eigenvalue weighted by molar-refractivity contribution is -0.137. The zero-order valence-corrected chi connectivity index (χ0v) is 7.58. The molecule has 0 saturated carbocycles. The van der Waals surface area contributed by atoms with E-state index in [0.29, 0.717) is 12.0 Å². The lowest BCUT2D eigenvalue weighted by Gasteiger charge is -2.00. The van der Waals surface area contributed by atoms with E-state index in [4.69, 9.17) is 4.74 Å². The van der Waals surface area contributed by atoms with Crippen LogP contribution >= 0.6 is 0 Å². The van der Waals surface area contributed by atoms with Gasteiger partial charge in [-0.1, -0.05) is 12.2 Å². The minimum absolute atomic E-state index is 0.0910. The maximum atomic E-state index is 11.1. The molecule has 0 aromatic carbocycles. The normalized spacial score (nSPS) is 16.4. The first-order valence-electron chi connectivity index (χ1n) is 4.25. The van der Waals surface area contributed by atoms with Crippen molar-refractivity contribution in [3.05, 3.63) is 23.8 Å². The van der Waals surface area contributed by atoms with Gasteiger partial charge in [-0.3, -0.25) is 4.79 Å². The summed E-state index contributed by atoms with van der Waals surface area (Å²) >= 11 is 0. The van der Waals surface area contributed by atoms with Crippen molar-refractivity contribution < 1.29 is 14.3 Å². The SMILES string of the molecule is CC=CC(=O)OCC1=CCCC1=O. The first-order chi connectivity index (χ1) is 6.24. The van der Waals surface area contributed by atoms with Crippen molar-refractivity contribution in [1.29, 1.82) is 0 Å². The van der Waals surface area contributed by atoms with E-state index in [1.54, 1.807) is 13.0 Å². The summed E-state index contributed by atoms with van der Waals surface area (Å²) in [7, 11) is 0. The fourth-order valence-electron chi connectivity index (χ4n) is 1.12. The van der Waals surface area contributed by atoms with E-state index in [9.17, 15) is 9.59 Å². The second kappa shape index (κ2) is 4.60. The Kier molecular flexibility index (Phi) is 3.43. The Bertz CT molecular complexity index is 274. The number of Topliss-reactive ketones (excluding diaryl/α,β-unsaturated/α-hetero) is 1. The molecule has 70 valence electrons. The number of hydrogen-bond acceptors (Lipinski definition) is 3. The van der Waals surface area contributed by atoms with E-state index >= 15 is 0 Å². The molecule has 0 unspecified atom stereocenters. The largest absolute Gasteiger partial charge is 0.458 e. The highest BCUT2D eigenvalue weighted by Gasteiger charge is 2.15. The zero-order valence-electron chi connectivity index (χ0n) is 7.58. The summed E-state index contributed by atoms with van der Waals surface area (Å²) in [6.45, 7) is 1.85. The van der Waals surface area contributed by atoms with Crippen molar-refractivity contribution in [2.75, 3.05) is 6.61 Å². The van der Waals surface area contributed by atoms with Crippen molar-refractivity contribution in [3.63, 3.8) is 0 Å². The van der Waals surface area contributed by atoms with Crippen LogP contribution in [-0.4, -0.2) is 18.4 Å². The summed E-state index contributed by atoms with van der Waals surface area (Å²) in [4.78, 5) is 21.9. The van der Waals surface area contributed by atoms with Gasteiger partial charge >= 0.3 is 5.97 Å². The molecule has 1 aliphatic carbocycles. The molecule has 0 aromatic heterocycles. The molecule has 0 heterocycles. The molecule has 13 heavy (non-hydrogen) atoms. The van der Waals surface area contributed by atoms with Crippen LogP contribution < -0.4 is 0 Å². The third-order valence-electron chi connectivity index (χ3n) is 1.79. The molecule has 0 aromatic rings. The second-order valence-corrected chi connectivity index (χ2v) is 2.80. The molecule has 1 rings (SSSR count). The van der Waals surface area contributed by atoms with Gasteiger partial charge in [0.05, 0.1) is 0 Å². The highest BCUT2D eigenvalue weighted by molar-refractivity contribution is 5.98. The van der Waals surface area contributed by atoms with Gasteiger partial charge < -0.3 is 4.74 Å². The van der Waals surface area contributed by atoms with Gasteiger partial charge in [0.1, 0.15) is 6.61 Å². The van der Waals surface area contributed by atoms with Gasteiger partial charge in [0.25, 0.3) is 0 Å². The smallest absolute Gasteiger partial charge is 0.330 e. The van der Waals surface area contributed by atoms with Gasteiger partial charge in [-0.15, -0.1) is 0 Å². The Morgan fingerprint density at radius 2 is 2.46 bits per heavy atom. The van der Waals surface area contributed by atoms with Crippen molar-refractivity contribution in [2.45, 2.75) is 19.8 Å². The summed E-state index contributed by atoms with van der Waals surface area (Å²) in [5.74, 6) is -0.309. The van der Waals surface area contributed by atoms with Crippen molar-refractivity contribution in [3.8, 4) is 0 Å². The average molecular weight is 180 g/mol. The van der Waals surface area contributed by atoms with E-state index in [2.05, 4.69) is 0 Å². The van der Waals surface area contributed by atoms with E-state index < -0.39 is 5.97 Å². The molecule has 0 fully saturated rings. The van der Waals surface area contributed by atoms with E-state index in [1.807, 2.05) is 6.08 Å². The Morgan fingerprint density at radius 3 is 3.00 bits per heavy atom. The fourth-order valence-corrected chi connectivity index (χ4v) is 1.12. The predicted molar refractivity (Wildman–Crippen MR) is 48.1 cm³/mol. The van der Waals surface area contributed by atoms with Crippen LogP contribution in [-0.2, 0) is 14.3 Å². The van der Waals surface area contributed by atoms with Gasteiger partial charge in [-0.25, -0.2) is 4.79 Å². The van der Waals surface area contributed by atoms with E-state index in [1.165, 1.54) is 6.08 Å². The van der Waals surface area contributed by atoms with Gasteiger partial charge in [-0.2, -0.15) is 0 Å². The number of esters is 1. The number of ether oxygens (including phenoxy) is 1. The highest BCUT2D eigenvalue weighted by atomic mass is 16.5. The molecule has 0 saturated heterocycles. The molecule has 0 aliphatic heterocycles. The fraction of sp³-hybridized carbons (Fsp3) is 0.400. The number of carbonyl (C=O) groups excluding carboxylic acids is 2. The zero-order chi connectivity index (χ0) is 9.68. The quantitative estimate of drug-likeness (QED) is 0.487. The molecule has 0 amide bonds. The highest BCUT2D eigenvalue weighted by Crippen LogP contribution is 2.13. The molecule has 0 radical (unpaired) electrons.